The first-order valence-electron chi connectivity index (χ1n) is 4.69. The zero-order valence-corrected chi connectivity index (χ0v) is 10.3. The number of aliphatic hydroxyl groups excluding tert-OH is 1. The van der Waals surface area contributed by atoms with Crippen molar-refractivity contribution in [3.05, 3.63) is 28.7 Å². The molecule has 1 rings (SSSR count). The molecule has 4 N–H and O–H groups in total. The first-order valence-corrected chi connectivity index (χ1v) is 5.49. The number of aliphatic carboxylic acids is 1. The number of nitrogens with one attached hydrogen (secondary N) is 2. The van der Waals surface area contributed by atoms with Gasteiger partial charge in [-0.1, -0.05) is 22.0 Å². The minimum atomic E-state index is -1.32. The molecule has 1 atom stereocenters. The molecule has 1 aromatic carbocycles. The highest BCUT2D eigenvalue weighted by atomic mass is 79.9. The quantitative estimate of drug-likeness (QED) is 0.667. The lowest BCUT2D eigenvalue weighted by atomic mass is 10.3. The van der Waals surface area contributed by atoms with E-state index in [0.29, 0.717) is 5.69 Å². The molecule has 0 aliphatic heterocycles. The van der Waals surface area contributed by atoms with Gasteiger partial charge < -0.3 is 20.8 Å². The highest BCUT2D eigenvalue weighted by molar-refractivity contribution is 9.10. The molecule has 2 amide bonds. The van der Waals surface area contributed by atoms with Crippen LogP contribution in [0.25, 0.3) is 0 Å². The number of anilines is 1. The number of amides is 2. The number of carboxylic acid groups (broad SMARTS) is 1. The van der Waals surface area contributed by atoms with Gasteiger partial charge in [0.15, 0.2) is 6.04 Å². The number of carbonyl (C=O) groups excluding carboxylic acids is 1. The molecular formula is C10H11BrN2O4. The van der Waals surface area contributed by atoms with E-state index >= 15 is 0 Å². The van der Waals surface area contributed by atoms with Crippen LogP contribution in [0.2, 0.25) is 0 Å². The van der Waals surface area contributed by atoms with Crippen LogP contribution in [0.5, 0.6) is 0 Å². The van der Waals surface area contributed by atoms with Gasteiger partial charge in [0, 0.05) is 10.2 Å². The molecule has 0 radical (unpaired) electrons. The minimum Gasteiger partial charge on any atom is -0.480 e. The Bertz CT molecular complexity index is 425. The lowest BCUT2D eigenvalue weighted by Crippen LogP contribution is -2.45. The summed E-state index contributed by atoms with van der Waals surface area (Å²) in [6.07, 6.45) is 0. The number of hydrogen-bond donors (Lipinski definition) is 4. The molecular weight excluding hydrogens is 292 g/mol. The van der Waals surface area contributed by atoms with Gasteiger partial charge in [-0.3, -0.25) is 0 Å². The summed E-state index contributed by atoms with van der Waals surface area (Å²) in [4.78, 5) is 21.9. The Labute approximate surface area is 106 Å². The summed E-state index contributed by atoms with van der Waals surface area (Å²) >= 11 is 3.23. The van der Waals surface area contributed by atoms with Crippen LogP contribution in [0, 0.1) is 0 Å². The number of urea groups is 1. The van der Waals surface area contributed by atoms with Crippen LogP contribution < -0.4 is 10.6 Å². The van der Waals surface area contributed by atoms with Crippen LogP contribution in [-0.4, -0.2) is 34.9 Å². The highest BCUT2D eigenvalue weighted by Gasteiger charge is 2.18. The average Bonchev–Trinajstić information content (AvgIpc) is 2.25. The molecule has 0 bridgehead atoms. The second kappa shape index (κ2) is 6.21. The molecule has 7 heteroatoms. The van der Waals surface area contributed by atoms with Crippen LogP contribution in [0.3, 0.4) is 0 Å². The van der Waals surface area contributed by atoms with Crippen molar-refractivity contribution < 1.29 is 19.8 Å². The minimum absolute atomic E-state index is 0.513. The zero-order valence-electron chi connectivity index (χ0n) is 8.68. The molecule has 92 valence electrons. The van der Waals surface area contributed by atoms with Gasteiger partial charge in [-0.2, -0.15) is 0 Å². The van der Waals surface area contributed by atoms with E-state index in [0.717, 1.165) is 4.47 Å². The van der Waals surface area contributed by atoms with E-state index in [1.165, 1.54) is 0 Å². The molecule has 0 saturated heterocycles. The van der Waals surface area contributed by atoms with Crippen molar-refractivity contribution in [2.75, 3.05) is 11.9 Å². The summed E-state index contributed by atoms with van der Waals surface area (Å²) in [5.74, 6) is -1.29. The maximum absolute atomic E-state index is 11.4. The Kier molecular flexibility index (Phi) is 4.92. The van der Waals surface area contributed by atoms with E-state index in [2.05, 4.69) is 26.6 Å². The summed E-state index contributed by atoms with van der Waals surface area (Å²) in [6, 6.07) is 4.82. The lowest BCUT2D eigenvalue weighted by Gasteiger charge is -2.12. The maximum Gasteiger partial charge on any atom is 0.328 e. The fraction of sp³-hybridized carbons (Fsp3) is 0.200. The molecule has 0 aliphatic carbocycles. The monoisotopic (exact) mass is 302 g/mol. The van der Waals surface area contributed by atoms with Crippen LogP contribution in [-0.2, 0) is 4.79 Å². The van der Waals surface area contributed by atoms with Gasteiger partial charge in [0.1, 0.15) is 0 Å². The number of carbonyl (C=O) groups is 2. The van der Waals surface area contributed by atoms with Crippen molar-refractivity contribution in [1.82, 2.24) is 5.32 Å². The predicted molar refractivity (Wildman–Crippen MR) is 64.8 cm³/mol. The van der Waals surface area contributed by atoms with Crippen LogP contribution in [0.1, 0.15) is 0 Å². The van der Waals surface area contributed by atoms with E-state index in [9.17, 15) is 9.59 Å². The SMILES string of the molecule is O=C(Nc1cccc(Br)c1)N[C@H](CO)C(=O)O. The Morgan fingerprint density at radius 3 is 2.65 bits per heavy atom. The van der Waals surface area contributed by atoms with Crippen molar-refractivity contribution in [2.24, 2.45) is 0 Å². The molecule has 17 heavy (non-hydrogen) atoms. The summed E-state index contributed by atoms with van der Waals surface area (Å²) in [5.41, 5.74) is 0.513. The largest absolute Gasteiger partial charge is 0.480 e. The first-order chi connectivity index (χ1) is 8.02. The normalized spacial score (nSPS) is 11.6. The molecule has 0 aromatic heterocycles. The van der Waals surface area contributed by atoms with E-state index in [-0.39, 0.29) is 0 Å². The number of halogens is 1. The van der Waals surface area contributed by atoms with E-state index in [1.54, 1.807) is 24.3 Å². The van der Waals surface area contributed by atoms with E-state index in [1.807, 2.05) is 0 Å². The number of rotatable bonds is 4. The molecule has 0 unspecified atom stereocenters. The Balaban J connectivity index is 2.58. The van der Waals surface area contributed by atoms with Crippen molar-refractivity contribution in [2.45, 2.75) is 6.04 Å². The second-order valence-electron chi connectivity index (χ2n) is 3.18. The van der Waals surface area contributed by atoms with Gasteiger partial charge in [-0.15, -0.1) is 0 Å². The van der Waals surface area contributed by atoms with Crippen LogP contribution >= 0.6 is 15.9 Å². The summed E-state index contributed by atoms with van der Waals surface area (Å²) in [6.45, 7) is -0.665. The summed E-state index contributed by atoms with van der Waals surface area (Å²) < 4.78 is 0.784. The highest BCUT2D eigenvalue weighted by Crippen LogP contribution is 2.15. The molecule has 1 aromatic rings. The van der Waals surface area contributed by atoms with Gasteiger partial charge >= 0.3 is 12.0 Å². The Morgan fingerprint density at radius 2 is 2.12 bits per heavy atom. The predicted octanol–water partition coefficient (Wildman–Crippen LogP) is 1.02. The maximum atomic E-state index is 11.4. The van der Waals surface area contributed by atoms with E-state index < -0.39 is 24.6 Å². The second-order valence-corrected chi connectivity index (χ2v) is 4.10. The molecule has 0 aliphatic rings. The molecule has 6 nitrogen and oxygen atoms in total. The van der Waals surface area contributed by atoms with Crippen molar-refractivity contribution in [3.8, 4) is 0 Å². The van der Waals surface area contributed by atoms with Crippen molar-refractivity contribution in [1.29, 1.82) is 0 Å². The van der Waals surface area contributed by atoms with Crippen molar-refractivity contribution in [3.63, 3.8) is 0 Å². The Morgan fingerprint density at radius 1 is 1.41 bits per heavy atom. The third-order valence-corrected chi connectivity index (χ3v) is 2.36. The number of aliphatic hydroxyl groups is 1. The summed E-state index contributed by atoms with van der Waals surface area (Å²) in [7, 11) is 0. The Hall–Kier alpha value is -1.60. The molecule has 0 spiro atoms. The van der Waals surface area contributed by atoms with E-state index in [4.69, 9.17) is 10.2 Å². The summed E-state index contributed by atoms with van der Waals surface area (Å²) in [5, 5.41) is 21.9. The van der Waals surface area contributed by atoms with Gasteiger partial charge in [0.2, 0.25) is 0 Å². The first kappa shape index (κ1) is 13.5. The zero-order chi connectivity index (χ0) is 12.8. The smallest absolute Gasteiger partial charge is 0.328 e. The fourth-order valence-electron chi connectivity index (χ4n) is 1.08. The van der Waals surface area contributed by atoms with Crippen LogP contribution in [0.15, 0.2) is 28.7 Å². The van der Waals surface area contributed by atoms with Crippen molar-refractivity contribution >= 4 is 33.6 Å². The molecule has 0 heterocycles. The third-order valence-electron chi connectivity index (χ3n) is 1.87. The fourth-order valence-corrected chi connectivity index (χ4v) is 1.48. The van der Waals surface area contributed by atoms with Gasteiger partial charge in [0.05, 0.1) is 6.61 Å². The van der Waals surface area contributed by atoms with Gasteiger partial charge in [-0.05, 0) is 18.2 Å². The van der Waals surface area contributed by atoms with Gasteiger partial charge in [0.25, 0.3) is 0 Å². The number of hydrogen-bond acceptors (Lipinski definition) is 3. The average molecular weight is 303 g/mol. The topological polar surface area (TPSA) is 98.7 Å². The molecule has 0 fully saturated rings. The van der Waals surface area contributed by atoms with Gasteiger partial charge in [-0.25, -0.2) is 9.59 Å². The van der Waals surface area contributed by atoms with Crippen LogP contribution in [0.4, 0.5) is 10.5 Å². The lowest BCUT2D eigenvalue weighted by molar-refractivity contribution is -0.140. The number of carboxylic acids is 1. The number of benzene rings is 1. The standard InChI is InChI=1S/C10H11BrN2O4/c11-6-2-1-3-7(4-6)12-10(17)13-8(5-14)9(15)16/h1-4,8,14H,5H2,(H,15,16)(H2,12,13,17)/t8-/m1/s1. The molecule has 0 saturated carbocycles. The third kappa shape index (κ3) is 4.41.